The van der Waals surface area contributed by atoms with E-state index in [0.717, 1.165) is 6.07 Å². The van der Waals surface area contributed by atoms with E-state index in [9.17, 15) is 34.4 Å². The number of nitrogens with two attached hydrogens (primary N) is 1. The molecule has 0 fully saturated rings. The first kappa shape index (κ1) is 35.3. The van der Waals surface area contributed by atoms with Crippen molar-refractivity contribution in [3.05, 3.63) is 65.7 Å². The van der Waals surface area contributed by atoms with Gasteiger partial charge in [-0.1, -0.05) is 6.07 Å². The lowest BCUT2D eigenvalue weighted by Crippen LogP contribution is -2.09. The van der Waals surface area contributed by atoms with Crippen molar-refractivity contribution in [1.82, 2.24) is 0 Å². The number of rotatable bonds is 12. The number of anilines is 1. The van der Waals surface area contributed by atoms with Crippen LogP contribution in [0.5, 0.6) is 11.5 Å². The van der Waals surface area contributed by atoms with E-state index in [2.05, 4.69) is 20.5 Å². The van der Waals surface area contributed by atoms with Crippen molar-refractivity contribution in [3.8, 4) is 11.5 Å². The average molecular weight is 708 g/mol. The summed E-state index contributed by atoms with van der Waals surface area (Å²) in [5.74, 6) is 0.0839. The van der Waals surface area contributed by atoms with Crippen molar-refractivity contribution in [3.63, 3.8) is 0 Å². The number of aryl methyl sites for hydroxylation is 2. The predicted molar refractivity (Wildman–Crippen MR) is 172 cm³/mol. The topological polar surface area (TPSA) is 257 Å². The molecule has 19 heteroatoms. The van der Waals surface area contributed by atoms with E-state index in [1.165, 1.54) is 25.3 Å². The number of fused-ring (bicyclic) bond motifs is 1. The third kappa shape index (κ3) is 9.05. The molecule has 0 saturated heterocycles. The van der Waals surface area contributed by atoms with Crippen molar-refractivity contribution >= 4 is 69.6 Å². The number of azo groups is 2. The summed E-state index contributed by atoms with van der Waals surface area (Å²) < 4.78 is 108. The zero-order chi connectivity index (χ0) is 34.7. The zero-order valence-electron chi connectivity index (χ0n) is 25.0. The van der Waals surface area contributed by atoms with E-state index in [1.54, 1.807) is 38.1 Å². The molecule has 0 aromatic heterocycles. The summed E-state index contributed by atoms with van der Waals surface area (Å²) in [7, 11) is -12.3. The molecule has 0 aliphatic rings. The Morgan fingerprint density at radius 3 is 1.96 bits per heavy atom. The van der Waals surface area contributed by atoms with Gasteiger partial charge >= 0.3 is 0 Å². The second kappa shape index (κ2) is 13.7. The molecule has 5 N–H and O–H groups in total. The Balaban J connectivity index is 1.62. The highest BCUT2D eigenvalue weighted by Crippen LogP contribution is 2.38. The predicted octanol–water partition coefficient (Wildman–Crippen LogP) is 6.03. The third-order valence-electron chi connectivity index (χ3n) is 6.62. The first-order valence-corrected chi connectivity index (χ1v) is 17.9. The number of nitrogen functional groups attached to an aromatic ring is 1. The summed E-state index contributed by atoms with van der Waals surface area (Å²) in [6.45, 7) is 3.48. The van der Waals surface area contributed by atoms with Gasteiger partial charge in [-0.3, -0.25) is 13.7 Å². The maximum absolute atomic E-state index is 12.0. The van der Waals surface area contributed by atoms with Crippen LogP contribution < -0.4 is 15.2 Å². The number of benzene rings is 4. The van der Waals surface area contributed by atoms with E-state index < -0.39 is 45.9 Å². The fraction of sp³-hybridized carbons (Fsp3) is 0.214. The van der Waals surface area contributed by atoms with Crippen LogP contribution in [0.2, 0.25) is 0 Å². The molecule has 4 aromatic carbocycles. The molecule has 250 valence electrons. The Hall–Kier alpha value is -4.53. The zero-order valence-corrected chi connectivity index (χ0v) is 27.5. The van der Waals surface area contributed by atoms with Crippen LogP contribution in [0, 0.1) is 13.8 Å². The highest BCUT2D eigenvalue weighted by atomic mass is 32.2. The quantitative estimate of drug-likeness (QED) is 0.0570. The Morgan fingerprint density at radius 2 is 1.34 bits per heavy atom. The normalized spacial score (nSPS) is 12.7. The highest BCUT2D eigenvalue weighted by molar-refractivity contribution is 7.87. The van der Waals surface area contributed by atoms with Crippen LogP contribution in [-0.4, -0.2) is 58.4 Å². The summed E-state index contributed by atoms with van der Waals surface area (Å²) in [5, 5.41) is 17.0. The van der Waals surface area contributed by atoms with E-state index >= 15 is 0 Å². The number of ether oxygens (including phenoxy) is 2. The molecule has 4 rings (SSSR count). The maximum Gasteiger partial charge on any atom is 0.295 e. The second-order valence-corrected chi connectivity index (χ2v) is 14.5. The minimum Gasteiger partial charge on any atom is -0.494 e. The SMILES string of the molecule is COc1cc(N=Nc2ccc3cc(S(=O)(=O)O)cc(S(=O)(=O)O)c3c2)c(C)cc1N=Nc1cc(OCCCS(=O)(=O)O)c(N)cc1C. The van der Waals surface area contributed by atoms with Gasteiger partial charge in [0.1, 0.15) is 22.1 Å². The van der Waals surface area contributed by atoms with Crippen molar-refractivity contribution in [2.24, 2.45) is 20.5 Å². The van der Waals surface area contributed by atoms with Gasteiger partial charge in [0, 0.05) is 17.5 Å². The molecule has 16 nitrogen and oxygen atoms in total. The molecule has 47 heavy (non-hydrogen) atoms. The Kier molecular flexibility index (Phi) is 10.3. The number of hydrogen-bond acceptors (Lipinski definition) is 13. The summed E-state index contributed by atoms with van der Waals surface area (Å²) in [6.07, 6.45) is 0.0491. The summed E-state index contributed by atoms with van der Waals surface area (Å²) >= 11 is 0. The van der Waals surface area contributed by atoms with Crippen molar-refractivity contribution in [2.45, 2.75) is 30.1 Å². The van der Waals surface area contributed by atoms with Crippen molar-refractivity contribution < 1.29 is 48.4 Å². The molecule has 0 saturated carbocycles. The van der Waals surface area contributed by atoms with Gasteiger partial charge in [-0.2, -0.15) is 40.6 Å². The molecule has 0 amide bonds. The van der Waals surface area contributed by atoms with Gasteiger partial charge in [0.15, 0.2) is 0 Å². The van der Waals surface area contributed by atoms with Crippen LogP contribution >= 0.6 is 0 Å². The van der Waals surface area contributed by atoms with Crippen LogP contribution in [-0.2, 0) is 30.4 Å². The van der Waals surface area contributed by atoms with Crippen LogP contribution in [0.1, 0.15) is 17.5 Å². The molecule has 0 spiro atoms. The van der Waals surface area contributed by atoms with E-state index in [0.29, 0.717) is 39.9 Å². The molecule has 0 atom stereocenters. The Bertz CT molecular complexity index is 2260. The number of hydrogen-bond donors (Lipinski definition) is 4. The van der Waals surface area contributed by atoms with Crippen molar-refractivity contribution in [2.75, 3.05) is 25.2 Å². The molecule has 0 bridgehead atoms. The molecule has 4 aromatic rings. The fourth-order valence-electron chi connectivity index (χ4n) is 4.30. The Labute approximate surface area is 270 Å². The van der Waals surface area contributed by atoms with E-state index in [4.69, 9.17) is 19.8 Å². The van der Waals surface area contributed by atoms with Crippen LogP contribution in [0.3, 0.4) is 0 Å². The van der Waals surface area contributed by atoms with Crippen LogP contribution in [0.4, 0.5) is 28.4 Å². The molecule has 0 unspecified atom stereocenters. The number of methoxy groups -OCH3 is 1. The lowest BCUT2D eigenvalue weighted by molar-refractivity contribution is 0.318. The van der Waals surface area contributed by atoms with Crippen molar-refractivity contribution in [1.29, 1.82) is 0 Å². The standard InChI is InChI=1S/C28H29N5O11S3/c1-16-9-22(29)26(44-7-4-8-45(34,35)36)14-23(16)32-33-25-10-17(2)24(15-27(25)43-3)31-30-19-6-5-18-11-20(46(37,38)39)13-28(21(18)12-19)47(40,41)42/h5-6,9-15H,4,7-8,29H2,1-3H3,(H,34,35,36)(H,37,38,39)(H,40,41,42). The molecule has 0 heterocycles. The highest BCUT2D eigenvalue weighted by Gasteiger charge is 2.21. The van der Waals surface area contributed by atoms with E-state index in [-0.39, 0.29) is 41.0 Å². The molecular weight excluding hydrogens is 679 g/mol. The lowest BCUT2D eigenvalue weighted by atomic mass is 10.1. The first-order valence-electron chi connectivity index (χ1n) is 13.4. The molecular formula is C28H29N5O11S3. The maximum atomic E-state index is 12.0. The average Bonchev–Trinajstić information content (AvgIpc) is 2.97. The van der Waals surface area contributed by atoms with E-state index in [1.807, 2.05) is 0 Å². The minimum absolute atomic E-state index is 0.0114. The summed E-state index contributed by atoms with van der Waals surface area (Å²) in [4.78, 5) is -1.44. The minimum atomic E-state index is -4.89. The smallest absolute Gasteiger partial charge is 0.295 e. The van der Waals surface area contributed by atoms with Gasteiger partial charge in [-0.15, -0.1) is 5.11 Å². The first-order chi connectivity index (χ1) is 21.9. The Morgan fingerprint density at radius 1 is 0.723 bits per heavy atom. The number of nitrogens with zero attached hydrogens (tertiary/aromatic N) is 4. The lowest BCUT2D eigenvalue weighted by Gasteiger charge is -2.11. The second-order valence-electron chi connectivity index (χ2n) is 10.2. The van der Waals surface area contributed by atoms with Gasteiger partial charge in [0.2, 0.25) is 0 Å². The summed E-state index contributed by atoms with van der Waals surface area (Å²) in [5.41, 5.74) is 8.90. The molecule has 0 radical (unpaired) electrons. The van der Waals surface area contributed by atoms with Gasteiger partial charge in [0.05, 0.1) is 47.1 Å². The van der Waals surface area contributed by atoms with Crippen LogP contribution in [0.15, 0.2) is 84.8 Å². The van der Waals surface area contributed by atoms with Gasteiger partial charge < -0.3 is 15.2 Å². The van der Waals surface area contributed by atoms with Crippen LogP contribution in [0.25, 0.3) is 10.8 Å². The molecule has 0 aliphatic heterocycles. The third-order valence-corrected chi connectivity index (χ3v) is 9.15. The molecule has 0 aliphatic carbocycles. The summed E-state index contributed by atoms with van der Waals surface area (Å²) in [6, 6.07) is 12.1. The fourth-order valence-corrected chi connectivity index (χ4v) is 6.13. The van der Waals surface area contributed by atoms with Gasteiger partial charge in [-0.25, -0.2) is 0 Å². The monoisotopic (exact) mass is 707 g/mol. The van der Waals surface area contributed by atoms with Gasteiger partial charge in [0.25, 0.3) is 30.4 Å². The van der Waals surface area contributed by atoms with Gasteiger partial charge in [-0.05, 0) is 73.2 Å². The largest absolute Gasteiger partial charge is 0.494 e.